The number of carboxylic acids is 1. The third-order valence-corrected chi connectivity index (χ3v) is 6.89. The van der Waals surface area contributed by atoms with Gasteiger partial charge in [0.1, 0.15) is 5.75 Å². The Balaban J connectivity index is 1.41. The van der Waals surface area contributed by atoms with Crippen molar-refractivity contribution in [3.8, 4) is 16.9 Å². The summed E-state index contributed by atoms with van der Waals surface area (Å²) in [6, 6.07) is 14.5. The summed E-state index contributed by atoms with van der Waals surface area (Å²) >= 11 is 0. The van der Waals surface area contributed by atoms with Gasteiger partial charge in [0, 0.05) is 18.7 Å². The number of carbonyl (C=O) groups is 2. The zero-order valence-electron chi connectivity index (χ0n) is 18.8. The highest BCUT2D eigenvalue weighted by Crippen LogP contribution is 2.38. The second kappa shape index (κ2) is 10.1. The Kier molecular flexibility index (Phi) is 7.14. The zero-order valence-corrected chi connectivity index (χ0v) is 18.8. The fraction of sp³-hybridized carbons (Fsp3) is 0.462. The van der Waals surface area contributed by atoms with Gasteiger partial charge in [0.2, 0.25) is 0 Å². The maximum atomic E-state index is 13.2. The van der Waals surface area contributed by atoms with Crippen LogP contribution in [0.25, 0.3) is 11.1 Å². The Hall–Kier alpha value is -3.03. The Morgan fingerprint density at radius 3 is 2.09 bits per heavy atom. The van der Waals surface area contributed by atoms with Crippen molar-refractivity contribution >= 4 is 11.9 Å². The van der Waals surface area contributed by atoms with E-state index in [0.29, 0.717) is 50.1 Å². The maximum Gasteiger partial charge on any atom is 0.391 e. The number of amides is 1. The lowest BCUT2D eigenvalue weighted by Gasteiger charge is -2.31. The summed E-state index contributed by atoms with van der Waals surface area (Å²) in [5, 5.41) is 9.18. The van der Waals surface area contributed by atoms with E-state index in [9.17, 15) is 27.9 Å². The molecule has 0 spiro atoms. The van der Waals surface area contributed by atoms with Gasteiger partial charge in [-0.15, -0.1) is 0 Å². The predicted octanol–water partition coefficient (Wildman–Crippen LogP) is 5.79. The smallest absolute Gasteiger partial charge is 0.391 e. The van der Waals surface area contributed by atoms with E-state index >= 15 is 0 Å². The van der Waals surface area contributed by atoms with E-state index in [0.717, 1.165) is 11.1 Å². The second-order valence-corrected chi connectivity index (χ2v) is 9.11. The van der Waals surface area contributed by atoms with Crippen LogP contribution in [0.15, 0.2) is 48.5 Å². The number of alkyl halides is 3. The molecule has 0 bridgehead atoms. The molecule has 2 aromatic rings. The van der Waals surface area contributed by atoms with Crippen molar-refractivity contribution in [3.63, 3.8) is 0 Å². The molecule has 1 N–H and O–H groups in total. The van der Waals surface area contributed by atoms with Crippen LogP contribution in [0.4, 0.5) is 13.2 Å². The maximum absolute atomic E-state index is 13.2. The Morgan fingerprint density at radius 2 is 1.50 bits per heavy atom. The van der Waals surface area contributed by atoms with Crippen molar-refractivity contribution in [3.05, 3.63) is 54.1 Å². The van der Waals surface area contributed by atoms with Crippen LogP contribution < -0.4 is 4.74 Å². The van der Waals surface area contributed by atoms with Crippen molar-refractivity contribution in [2.75, 3.05) is 13.1 Å². The van der Waals surface area contributed by atoms with Gasteiger partial charge < -0.3 is 14.7 Å². The van der Waals surface area contributed by atoms with Crippen LogP contribution in [-0.4, -0.2) is 47.3 Å². The van der Waals surface area contributed by atoms with Crippen LogP contribution in [0.2, 0.25) is 0 Å². The van der Waals surface area contributed by atoms with Crippen LogP contribution in [0.5, 0.6) is 5.75 Å². The number of likely N-dealkylation sites (tertiary alicyclic amines) is 1. The minimum Gasteiger partial charge on any atom is -0.490 e. The van der Waals surface area contributed by atoms with Crippen LogP contribution in [0.3, 0.4) is 0 Å². The molecule has 5 nitrogen and oxygen atoms in total. The number of rotatable bonds is 5. The number of ether oxygens (including phenoxy) is 1. The third-order valence-electron chi connectivity index (χ3n) is 6.89. The number of piperidine rings is 1. The highest BCUT2D eigenvalue weighted by molar-refractivity contribution is 6.01. The first kappa shape index (κ1) is 24.1. The number of aliphatic carboxylic acids is 1. The van der Waals surface area contributed by atoms with E-state index < -0.39 is 24.0 Å². The summed E-state index contributed by atoms with van der Waals surface area (Å²) in [4.78, 5) is 26.1. The van der Waals surface area contributed by atoms with Gasteiger partial charge in [-0.05, 0) is 67.9 Å². The standard InChI is InChI=1S/C26H28F3NO4/c27-26(28,29)19-7-11-21(12-8-19)34-20-9-5-17(6-10-20)22-3-1-2-4-23(22)24(31)30-15-13-18(14-16-30)25(32)33/h1-6,9-10,18-19,21H,7-8,11-16H2,(H,32,33). The second-order valence-electron chi connectivity index (χ2n) is 9.11. The minimum atomic E-state index is -4.14. The van der Waals surface area contributed by atoms with Gasteiger partial charge in [-0.3, -0.25) is 9.59 Å². The molecule has 1 amide bonds. The number of carboxylic acid groups (broad SMARTS) is 1. The van der Waals surface area contributed by atoms with Crippen molar-refractivity contribution in [2.24, 2.45) is 11.8 Å². The molecule has 4 rings (SSSR count). The highest BCUT2D eigenvalue weighted by Gasteiger charge is 2.41. The largest absolute Gasteiger partial charge is 0.490 e. The molecule has 0 radical (unpaired) electrons. The topological polar surface area (TPSA) is 66.8 Å². The number of carbonyl (C=O) groups excluding carboxylic acids is 1. The summed E-state index contributed by atoms with van der Waals surface area (Å²) in [7, 11) is 0. The molecule has 8 heteroatoms. The van der Waals surface area contributed by atoms with Gasteiger partial charge in [0.25, 0.3) is 5.91 Å². The third kappa shape index (κ3) is 5.54. The van der Waals surface area contributed by atoms with Crippen LogP contribution >= 0.6 is 0 Å². The molecule has 1 aliphatic carbocycles. The lowest BCUT2D eigenvalue weighted by Crippen LogP contribution is -2.40. The van der Waals surface area contributed by atoms with Gasteiger partial charge in [-0.25, -0.2) is 0 Å². The Labute approximate surface area is 196 Å². The first-order valence-electron chi connectivity index (χ1n) is 11.7. The van der Waals surface area contributed by atoms with Crippen molar-refractivity contribution in [2.45, 2.75) is 50.8 Å². The number of hydrogen-bond acceptors (Lipinski definition) is 3. The fourth-order valence-corrected chi connectivity index (χ4v) is 4.83. The Bertz CT molecular complexity index is 1010. The average molecular weight is 476 g/mol. The number of nitrogens with zero attached hydrogens (tertiary/aromatic N) is 1. The van der Waals surface area contributed by atoms with Gasteiger partial charge in [-0.1, -0.05) is 30.3 Å². The molecule has 34 heavy (non-hydrogen) atoms. The normalized spacial score (nSPS) is 21.8. The summed E-state index contributed by atoms with van der Waals surface area (Å²) in [6.07, 6.45) is -2.54. The van der Waals surface area contributed by atoms with E-state index in [4.69, 9.17) is 4.74 Å². The molecular formula is C26H28F3NO4. The van der Waals surface area contributed by atoms with E-state index in [1.807, 2.05) is 24.3 Å². The van der Waals surface area contributed by atoms with Gasteiger partial charge in [0.15, 0.2) is 0 Å². The average Bonchev–Trinajstić information content (AvgIpc) is 2.84. The molecule has 182 valence electrons. The SMILES string of the molecule is O=C(O)C1CCN(C(=O)c2ccccc2-c2ccc(OC3CCC(C(F)(F)F)CC3)cc2)CC1. The first-order chi connectivity index (χ1) is 16.2. The molecule has 2 fully saturated rings. The van der Waals surface area contributed by atoms with E-state index in [1.165, 1.54) is 0 Å². The van der Waals surface area contributed by atoms with Gasteiger partial charge in [0.05, 0.1) is 17.9 Å². The molecule has 1 saturated heterocycles. The van der Waals surface area contributed by atoms with E-state index in [1.54, 1.807) is 29.2 Å². The lowest BCUT2D eigenvalue weighted by molar-refractivity contribution is -0.185. The number of hydrogen-bond donors (Lipinski definition) is 1. The Morgan fingerprint density at radius 1 is 0.882 bits per heavy atom. The van der Waals surface area contributed by atoms with Gasteiger partial charge >= 0.3 is 12.1 Å². The molecular weight excluding hydrogens is 447 g/mol. The predicted molar refractivity (Wildman–Crippen MR) is 121 cm³/mol. The van der Waals surface area contributed by atoms with E-state index in [2.05, 4.69) is 0 Å². The summed E-state index contributed by atoms with van der Waals surface area (Å²) in [5.41, 5.74) is 2.15. The van der Waals surface area contributed by atoms with Gasteiger partial charge in [-0.2, -0.15) is 13.2 Å². The molecule has 0 aromatic heterocycles. The monoisotopic (exact) mass is 475 g/mol. The molecule has 1 aliphatic heterocycles. The molecule has 0 unspecified atom stereocenters. The number of halogens is 3. The quantitative estimate of drug-likeness (QED) is 0.595. The first-order valence-corrected chi connectivity index (χ1v) is 11.7. The highest BCUT2D eigenvalue weighted by atomic mass is 19.4. The van der Waals surface area contributed by atoms with Crippen LogP contribution in [0, 0.1) is 11.8 Å². The van der Waals surface area contributed by atoms with Crippen molar-refractivity contribution < 1.29 is 32.6 Å². The zero-order chi connectivity index (χ0) is 24.3. The van der Waals surface area contributed by atoms with Crippen LogP contribution in [-0.2, 0) is 4.79 Å². The van der Waals surface area contributed by atoms with Crippen LogP contribution in [0.1, 0.15) is 48.9 Å². The molecule has 2 aliphatic rings. The van der Waals surface area contributed by atoms with E-state index in [-0.39, 0.29) is 24.9 Å². The summed E-state index contributed by atoms with van der Waals surface area (Å²) in [5.74, 6) is -1.99. The minimum absolute atomic E-state index is 0.0887. The summed E-state index contributed by atoms with van der Waals surface area (Å²) in [6.45, 7) is 0.820. The number of benzene rings is 2. The lowest BCUT2D eigenvalue weighted by atomic mass is 9.87. The molecule has 1 heterocycles. The summed E-state index contributed by atoms with van der Waals surface area (Å²) < 4.78 is 44.5. The molecule has 2 aromatic carbocycles. The fourth-order valence-electron chi connectivity index (χ4n) is 4.83. The molecule has 1 saturated carbocycles. The molecule has 0 atom stereocenters. The van der Waals surface area contributed by atoms with Crippen molar-refractivity contribution in [1.29, 1.82) is 0 Å². The van der Waals surface area contributed by atoms with Crippen molar-refractivity contribution in [1.82, 2.24) is 4.90 Å².